The lowest BCUT2D eigenvalue weighted by molar-refractivity contribution is 0.126. The molecule has 0 radical (unpaired) electrons. The van der Waals surface area contributed by atoms with Gasteiger partial charge in [0.15, 0.2) is 0 Å². The van der Waals surface area contributed by atoms with Crippen molar-refractivity contribution in [2.24, 2.45) is 0 Å². The van der Waals surface area contributed by atoms with Crippen molar-refractivity contribution >= 4 is 17.5 Å². The van der Waals surface area contributed by atoms with E-state index < -0.39 is 0 Å². The Morgan fingerprint density at radius 2 is 2.00 bits per heavy atom. The number of halogens is 1. The van der Waals surface area contributed by atoms with Crippen molar-refractivity contribution in [1.82, 2.24) is 29.7 Å². The Hall–Kier alpha value is -1.80. The van der Waals surface area contributed by atoms with Crippen LogP contribution in [0, 0.1) is 0 Å². The Balaban J connectivity index is 1.76. The molecule has 2 aromatic heterocycles. The van der Waals surface area contributed by atoms with E-state index >= 15 is 0 Å². The molecule has 0 saturated heterocycles. The molecule has 0 bridgehead atoms. The van der Waals surface area contributed by atoms with E-state index in [4.69, 9.17) is 11.6 Å². The largest absolute Gasteiger partial charge is 0.393 e. The molecule has 1 saturated carbocycles. The molecule has 2 aromatic rings. The second-order valence-electron chi connectivity index (χ2n) is 4.72. The molecular weight excluding hydrogens is 282 g/mol. The predicted molar refractivity (Wildman–Crippen MR) is 71.6 cm³/mol. The van der Waals surface area contributed by atoms with Crippen LogP contribution < -0.4 is 5.32 Å². The molecule has 1 fully saturated rings. The van der Waals surface area contributed by atoms with Crippen LogP contribution in [0.2, 0.25) is 5.28 Å². The second-order valence-corrected chi connectivity index (χ2v) is 5.06. The third-order valence-electron chi connectivity index (χ3n) is 3.25. The van der Waals surface area contributed by atoms with E-state index in [2.05, 4.69) is 30.4 Å². The number of aliphatic hydroxyl groups is 1. The summed E-state index contributed by atoms with van der Waals surface area (Å²) in [7, 11) is 0. The standard InChI is InChI=1S/C11H14ClN7O/c12-9-16-10(15-7-1-3-8(20)4-2-7)18-11(17-9)19-6-13-5-14-19/h5-8,20H,1-4H2,(H,15,16,17,18). The van der Waals surface area contributed by atoms with Crippen molar-refractivity contribution in [2.45, 2.75) is 37.8 Å². The molecule has 0 aromatic carbocycles. The Bertz CT molecular complexity index is 568. The van der Waals surface area contributed by atoms with Gasteiger partial charge in [0.25, 0.3) is 5.95 Å². The Kier molecular flexibility index (Phi) is 3.75. The summed E-state index contributed by atoms with van der Waals surface area (Å²) in [5.74, 6) is 0.734. The van der Waals surface area contributed by atoms with Crippen LogP contribution in [-0.4, -0.2) is 47.0 Å². The number of aliphatic hydroxyl groups excluding tert-OH is 1. The highest BCUT2D eigenvalue weighted by molar-refractivity contribution is 6.28. The zero-order chi connectivity index (χ0) is 13.9. The van der Waals surface area contributed by atoms with Gasteiger partial charge in [0.1, 0.15) is 12.7 Å². The minimum atomic E-state index is -0.194. The third kappa shape index (κ3) is 3.02. The lowest BCUT2D eigenvalue weighted by Gasteiger charge is -2.26. The second kappa shape index (κ2) is 5.68. The molecule has 2 heterocycles. The number of nitrogens with one attached hydrogen (secondary N) is 1. The van der Waals surface area contributed by atoms with E-state index in [1.165, 1.54) is 17.3 Å². The van der Waals surface area contributed by atoms with Crippen LogP contribution in [-0.2, 0) is 0 Å². The summed E-state index contributed by atoms with van der Waals surface area (Å²) >= 11 is 5.90. The number of nitrogens with zero attached hydrogens (tertiary/aromatic N) is 6. The van der Waals surface area contributed by atoms with Crippen LogP contribution in [0.4, 0.5) is 5.95 Å². The van der Waals surface area contributed by atoms with Crippen molar-refractivity contribution < 1.29 is 5.11 Å². The molecule has 2 N–H and O–H groups in total. The minimum Gasteiger partial charge on any atom is -0.393 e. The molecule has 3 rings (SSSR count). The third-order valence-corrected chi connectivity index (χ3v) is 3.42. The maximum absolute atomic E-state index is 9.50. The highest BCUT2D eigenvalue weighted by Gasteiger charge is 2.20. The molecule has 9 heteroatoms. The van der Waals surface area contributed by atoms with E-state index in [9.17, 15) is 5.11 Å². The first kappa shape index (κ1) is 13.2. The predicted octanol–water partition coefficient (Wildman–Crippen LogP) is 0.821. The average Bonchev–Trinajstić information content (AvgIpc) is 2.95. The van der Waals surface area contributed by atoms with E-state index in [0.717, 1.165) is 25.7 Å². The van der Waals surface area contributed by atoms with Crippen LogP contribution in [0.5, 0.6) is 0 Å². The molecule has 1 aliphatic rings. The van der Waals surface area contributed by atoms with Gasteiger partial charge in [0, 0.05) is 6.04 Å². The van der Waals surface area contributed by atoms with Gasteiger partial charge in [-0.3, -0.25) is 0 Å². The van der Waals surface area contributed by atoms with Crippen LogP contribution in [0.15, 0.2) is 12.7 Å². The summed E-state index contributed by atoms with van der Waals surface area (Å²) in [5.41, 5.74) is 0. The van der Waals surface area contributed by atoms with Crippen LogP contribution in [0.3, 0.4) is 0 Å². The number of anilines is 1. The molecular formula is C11H14ClN7O. The first-order valence-corrected chi connectivity index (χ1v) is 6.79. The highest BCUT2D eigenvalue weighted by atomic mass is 35.5. The van der Waals surface area contributed by atoms with Gasteiger partial charge in [-0.25, -0.2) is 4.98 Å². The minimum absolute atomic E-state index is 0.101. The Morgan fingerprint density at radius 3 is 2.70 bits per heavy atom. The van der Waals surface area contributed by atoms with Crippen LogP contribution >= 0.6 is 11.6 Å². The molecule has 1 aliphatic carbocycles. The van der Waals surface area contributed by atoms with Gasteiger partial charge >= 0.3 is 0 Å². The number of hydrogen-bond acceptors (Lipinski definition) is 7. The topological polar surface area (TPSA) is 102 Å². The summed E-state index contributed by atoms with van der Waals surface area (Å²) in [4.78, 5) is 16.2. The summed E-state index contributed by atoms with van der Waals surface area (Å²) < 4.78 is 1.42. The molecule has 0 aliphatic heterocycles. The van der Waals surface area contributed by atoms with Gasteiger partial charge in [-0.1, -0.05) is 0 Å². The van der Waals surface area contributed by atoms with Crippen LogP contribution in [0.1, 0.15) is 25.7 Å². The summed E-state index contributed by atoms with van der Waals surface area (Å²) in [6, 6.07) is 0.237. The maximum atomic E-state index is 9.50. The average molecular weight is 296 g/mol. The zero-order valence-electron chi connectivity index (χ0n) is 10.6. The fraction of sp³-hybridized carbons (Fsp3) is 0.545. The van der Waals surface area contributed by atoms with E-state index in [1.54, 1.807) is 0 Å². The number of rotatable bonds is 3. The van der Waals surface area contributed by atoms with Crippen molar-refractivity contribution in [2.75, 3.05) is 5.32 Å². The van der Waals surface area contributed by atoms with Crippen molar-refractivity contribution in [3.8, 4) is 5.95 Å². The summed E-state index contributed by atoms with van der Waals surface area (Å²) in [6.45, 7) is 0. The van der Waals surface area contributed by atoms with Gasteiger partial charge < -0.3 is 10.4 Å². The fourth-order valence-electron chi connectivity index (χ4n) is 2.22. The Morgan fingerprint density at radius 1 is 1.20 bits per heavy atom. The van der Waals surface area contributed by atoms with E-state index in [0.29, 0.717) is 11.9 Å². The monoisotopic (exact) mass is 295 g/mol. The molecule has 0 unspecified atom stereocenters. The van der Waals surface area contributed by atoms with Gasteiger partial charge in [0.05, 0.1) is 6.10 Å². The smallest absolute Gasteiger partial charge is 0.258 e. The maximum Gasteiger partial charge on any atom is 0.258 e. The lowest BCUT2D eigenvalue weighted by atomic mass is 9.93. The molecule has 106 valence electrons. The van der Waals surface area contributed by atoms with Gasteiger partial charge in [-0.2, -0.15) is 24.7 Å². The molecule has 0 amide bonds. The van der Waals surface area contributed by atoms with Crippen molar-refractivity contribution in [3.63, 3.8) is 0 Å². The van der Waals surface area contributed by atoms with E-state index in [1.807, 2.05) is 0 Å². The van der Waals surface area contributed by atoms with Crippen molar-refractivity contribution in [3.05, 3.63) is 17.9 Å². The first-order valence-electron chi connectivity index (χ1n) is 6.42. The van der Waals surface area contributed by atoms with Gasteiger partial charge in [-0.05, 0) is 37.3 Å². The lowest BCUT2D eigenvalue weighted by Crippen LogP contribution is -2.29. The van der Waals surface area contributed by atoms with E-state index in [-0.39, 0.29) is 17.4 Å². The van der Waals surface area contributed by atoms with Crippen molar-refractivity contribution in [1.29, 1.82) is 0 Å². The first-order chi connectivity index (χ1) is 9.70. The number of aromatic nitrogens is 6. The molecule has 20 heavy (non-hydrogen) atoms. The fourth-order valence-corrected chi connectivity index (χ4v) is 2.38. The molecule has 0 atom stereocenters. The summed E-state index contributed by atoms with van der Waals surface area (Å²) in [6.07, 6.45) is 6.02. The quantitative estimate of drug-likeness (QED) is 0.864. The van der Waals surface area contributed by atoms with Crippen LogP contribution in [0.25, 0.3) is 5.95 Å². The Labute approximate surface area is 120 Å². The highest BCUT2D eigenvalue weighted by Crippen LogP contribution is 2.21. The summed E-state index contributed by atoms with van der Waals surface area (Å²) in [5, 5.41) is 16.8. The normalized spacial score (nSPS) is 22.7. The molecule has 8 nitrogen and oxygen atoms in total. The van der Waals surface area contributed by atoms with Gasteiger partial charge in [0.2, 0.25) is 11.2 Å². The zero-order valence-corrected chi connectivity index (χ0v) is 11.4. The van der Waals surface area contributed by atoms with Gasteiger partial charge in [-0.15, -0.1) is 0 Å². The SMILES string of the molecule is OC1CCC(Nc2nc(Cl)nc(-n3cncn3)n2)CC1. The molecule has 0 spiro atoms. The number of hydrogen-bond donors (Lipinski definition) is 2.